The van der Waals surface area contributed by atoms with E-state index in [4.69, 9.17) is 4.42 Å². The topological polar surface area (TPSA) is 48.0 Å². The number of pyridine rings is 1. The van der Waals surface area contributed by atoms with Gasteiger partial charge >= 0.3 is 5.76 Å². The molecule has 4 heteroatoms. The van der Waals surface area contributed by atoms with Crippen LogP contribution in [-0.2, 0) is 5.54 Å². The van der Waals surface area contributed by atoms with Gasteiger partial charge in [0.25, 0.3) is 0 Å². The Labute approximate surface area is 81.2 Å². The van der Waals surface area contributed by atoms with Gasteiger partial charge in [0.1, 0.15) is 5.52 Å². The number of aromatic nitrogens is 2. The van der Waals surface area contributed by atoms with Crippen molar-refractivity contribution in [2.45, 2.75) is 26.3 Å². The first-order chi connectivity index (χ1) is 6.50. The van der Waals surface area contributed by atoms with Gasteiger partial charge in [-0.25, -0.2) is 9.78 Å². The Kier molecular flexibility index (Phi) is 1.74. The maximum atomic E-state index is 11.5. The molecular formula is C10H12N2O2. The molecule has 0 unspecified atom stereocenters. The molecule has 0 aliphatic rings. The molecule has 2 heterocycles. The van der Waals surface area contributed by atoms with E-state index in [2.05, 4.69) is 4.98 Å². The van der Waals surface area contributed by atoms with Crippen molar-refractivity contribution in [2.24, 2.45) is 0 Å². The summed E-state index contributed by atoms with van der Waals surface area (Å²) < 4.78 is 6.63. The molecule has 74 valence electrons. The highest BCUT2D eigenvalue weighted by Gasteiger charge is 2.20. The van der Waals surface area contributed by atoms with E-state index in [0.29, 0.717) is 5.71 Å². The zero-order valence-electron chi connectivity index (χ0n) is 8.44. The predicted octanol–water partition coefficient (Wildman–Crippen LogP) is 1.74. The average molecular weight is 192 g/mol. The Morgan fingerprint density at radius 1 is 1.43 bits per heavy atom. The van der Waals surface area contributed by atoms with E-state index in [1.54, 1.807) is 16.8 Å². The lowest BCUT2D eigenvalue weighted by molar-refractivity contribution is 0.362. The number of nitrogens with zero attached hydrogens (tertiary/aromatic N) is 2. The van der Waals surface area contributed by atoms with Crippen molar-refractivity contribution in [2.75, 3.05) is 0 Å². The van der Waals surface area contributed by atoms with Gasteiger partial charge in [0.05, 0.1) is 0 Å². The molecule has 0 saturated heterocycles. The van der Waals surface area contributed by atoms with E-state index in [-0.39, 0.29) is 11.3 Å². The van der Waals surface area contributed by atoms with Gasteiger partial charge in [-0.15, -0.1) is 0 Å². The smallest absolute Gasteiger partial charge is 0.389 e. The average Bonchev–Trinajstić information content (AvgIpc) is 2.38. The normalized spacial score (nSPS) is 12.2. The Morgan fingerprint density at radius 3 is 2.79 bits per heavy atom. The minimum absolute atomic E-state index is 0.286. The number of rotatable bonds is 0. The molecule has 0 saturated carbocycles. The van der Waals surface area contributed by atoms with Crippen LogP contribution in [0, 0.1) is 0 Å². The summed E-state index contributed by atoms with van der Waals surface area (Å²) in [6.45, 7) is 5.86. The van der Waals surface area contributed by atoms with Crippen LogP contribution in [0.15, 0.2) is 27.5 Å². The summed E-state index contributed by atoms with van der Waals surface area (Å²) in [7, 11) is 0. The second-order valence-electron chi connectivity index (χ2n) is 4.20. The van der Waals surface area contributed by atoms with Crippen LogP contribution in [0.2, 0.25) is 0 Å². The van der Waals surface area contributed by atoms with Gasteiger partial charge in [-0.2, -0.15) is 0 Å². The molecule has 0 atom stereocenters. The molecule has 0 fully saturated rings. The van der Waals surface area contributed by atoms with Crippen molar-refractivity contribution in [1.29, 1.82) is 0 Å². The van der Waals surface area contributed by atoms with Gasteiger partial charge in [-0.3, -0.25) is 4.57 Å². The number of hydrogen-bond acceptors (Lipinski definition) is 3. The van der Waals surface area contributed by atoms with E-state index in [9.17, 15) is 4.79 Å². The van der Waals surface area contributed by atoms with Crippen LogP contribution < -0.4 is 5.76 Å². The van der Waals surface area contributed by atoms with Gasteiger partial charge in [-0.1, -0.05) is 0 Å². The molecule has 0 spiro atoms. The highest BCUT2D eigenvalue weighted by molar-refractivity contribution is 5.68. The summed E-state index contributed by atoms with van der Waals surface area (Å²) in [6.07, 6.45) is 1.61. The summed E-state index contributed by atoms with van der Waals surface area (Å²) in [4.78, 5) is 15.5. The van der Waals surface area contributed by atoms with Gasteiger partial charge in [0.2, 0.25) is 5.71 Å². The molecule has 0 aromatic carbocycles. The minimum atomic E-state index is -0.355. The fourth-order valence-electron chi connectivity index (χ4n) is 1.49. The predicted molar refractivity (Wildman–Crippen MR) is 53.3 cm³/mol. The molecule has 0 N–H and O–H groups in total. The first-order valence-corrected chi connectivity index (χ1v) is 4.47. The fraction of sp³-hybridized carbons (Fsp3) is 0.400. The zero-order chi connectivity index (χ0) is 10.3. The molecule has 0 bridgehead atoms. The van der Waals surface area contributed by atoms with Crippen LogP contribution in [0.3, 0.4) is 0 Å². The van der Waals surface area contributed by atoms with E-state index in [0.717, 1.165) is 5.52 Å². The van der Waals surface area contributed by atoms with Crippen LogP contribution in [-0.4, -0.2) is 9.55 Å². The first kappa shape index (κ1) is 8.99. The molecule has 4 nitrogen and oxygen atoms in total. The van der Waals surface area contributed by atoms with E-state index < -0.39 is 0 Å². The van der Waals surface area contributed by atoms with Crippen molar-refractivity contribution < 1.29 is 4.42 Å². The second-order valence-corrected chi connectivity index (χ2v) is 4.20. The molecule has 14 heavy (non-hydrogen) atoms. The van der Waals surface area contributed by atoms with Gasteiger partial charge in [-0.05, 0) is 32.9 Å². The molecule has 0 radical (unpaired) electrons. The summed E-state index contributed by atoms with van der Waals surface area (Å²) in [6, 6.07) is 3.62. The number of oxazole rings is 1. The fourth-order valence-corrected chi connectivity index (χ4v) is 1.49. The van der Waals surface area contributed by atoms with E-state index in [1.807, 2.05) is 26.8 Å². The van der Waals surface area contributed by atoms with Crippen LogP contribution in [0.5, 0.6) is 0 Å². The van der Waals surface area contributed by atoms with Gasteiger partial charge < -0.3 is 4.42 Å². The number of fused-ring (bicyclic) bond motifs is 1. The molecular weight excluding hydrogens is 180 g/mol. The van der Waals surface area contributed by atoms with Crippen molar-refractivity contribution in [3.05, 3.63) is 28.9 Å². The van der Waals surface area contributed by atoms with Crippen LogP contribution in [0.1, 0.15) is 20.8 Å². The van der Waals surface area contributed by atoms with Crippen LogP contribution >= 0.6 is 0 Å². The molecule has 0 amide bonds. The quantitative estimate of drug-likeness (QED) is 0.638. The zero-order valence-corrected chi connectivity index (χ0v) is 8.44. The van der Waals surface area contributed by atoms with Gasteiger partial charge in [0.15, 0.2) is 0 Å². The monoisotopic (exact) mass is 192 g/mol. The Hall–Kier alpha value is -1.58. The maximum Gasteiger partial charge on any atom is 0.421 e. The van der Waals surface area contributed by atoms with Crippen molar-refractivity contribution in [3.63, 3.8) is 0 Å². The third-order valence-electron chi connectivity index (χ3n) is 2.03. The Morgan fingerprint density at radius 2 is 2.14 bits per heavy atom. The lowest BCUT2D eigenvalue weighted by Gasteiger charge is -2.19. The van der Waals surface area contributed by atoms with Gasteiger partial charge in [0, 0.05) is 11.7 Å². The molecule has 2 aromatic heterocycles. The third-order valence-corrected chi connectivity index (χ3v) is 2.03. The minimum Gasteiger partial charge on any atom is -0.389 e. The third kappa shape index (κ3) is 1.23. The molecule has 0 aliphatic carbocycles. The Balaban J connectivity index is 2.88. The highest BCUT2D eigenvalue weighted by atomic mass is 16.4. The summed E-state index contributed by atoms with van der Waals surface area (Å²) in [5, 5.41) is 0. The lowest BCUT2D eigenvalue weighted by Crippen LogP contribution is -2.30. The molecule has 2 aromatic rings. The largest absolute Gasteiger partial charge is 0.421 e. The lowest BCUT2D eigenvalue weighted by atomic mass is 10.1. The first-order valence-electron chi connectivity index (χ1n) is 4.47. The second kappa shape index (κ2) is 2.70. The van der Waals surface area contributed by atoms with Crippen LogP contribution in [0.4, 0.5) is 0 Å². The molecule has 2 rings (SSSR count). The Bertz CT molecular complexity index is 517. The van der Waals surface area contributed by atoms with Crippen molar-refractivity contribution in [3.8, 4) is 0 Å². The standard InChI is InChI=1S/C10H12N2O2/c1-10(2,3)12-7-5-4-6-11-8(7)14-9(12)13/h4-6H,1-3H3. The SMILES string of the molecule is CC(C)(C)n1c(=O)oc2ncccc21. The van der Waals surface area contributed by atoms with Crippen molar-refractivity contribution >= 4 is 11.2 Å². The summed E-state index contributed by atoms with van der Waals surface area (Å²) in [5.74, 6) is -0.355. The highest BCUT2D eigenvalue weighted by Crippen LogP contribution is 2.18. The summed E-state index contributed by atoms with van der Waals surface area (Å²) in [5.41, 5.74) is 0.850. The van der Waals surface area contributed by atoms with E-state index >= 15 is 0 Å². The molecule has 0 aliphatic heterocycles. The number of hydrogen-bond donors (Lipinski definition) is 0. The maximum absolute atomic E-state index is 11.5. The summed E-state index contributed by atoms with van der Waals surface area (Å²) >= 11 is 0. The van der Waals surface area contributed by atoms with E-state index in [1.165, 1.54) is 0 Å². The van der Waals surface area contributed by atoms with Crippen LogP contribution in [0.25, 0.3) is 11.2 Å². The van der Waals surface area contributed by atoms with Crippen molar-refractivity contribution in [1.82, 2.24) is 9.55 Å².